The Labute approximate surface area is 141 Å². The molecule has 0 spiro atoms. The van der Waals surface area contributed by atoms with Gasteiger partial charge in [0.2, 0.25) is 0 Å². The molecular weight excluding hydrogens is 340 g/mol. The standard InChI is InChI=1S/C15H21ClN2O4S/c1-18(22-2)23(20,21)14-9-12(7-8-13(14)16)15(19)17-10-11-5-3-4-6-11/h7-9,11H,3-6,10H2,1-2H3,(H,17,19). The van der Waals surface area contributed by atoms with Crippen LogP contribution in [0.2, 0.25) is 5.02 Å². The summed E-state index contributed by atoms with van der Waals surface area (Å²) in [6.45, 7) is 0.613. The Kier molecular flexibility index (Phi) is 6.02. The molecule has 1 N–H and O–H groups in total. The number of rotatable bonds is 6. The summed E-state index contributed by atoms with van der Waals surface area (Å²) in [5.41, 5.74) is 0.260. The van der Waals surface area contributed by atoms with Gasteiger partial charge in [0, 0.05) is 19.2 Å². The Balaban J connectivity index is 2.17. The number of hydroxylamine groups is 1. The number of carbonyl (C=O) groups is 1. The van der Waals surface area contributed by atoms with Gasteiger partial charge in [-0.15, -0.1) is 0 Å². The molecule has 128 valence electrons. The van der Waals surface area contributed by atoms with Crippen molar-refractivity contribution in [2.24, 2.45) is 5.92 Å². The van der Waals surface area contributed by atoms with Crippen LogP contribution in [0.5, 0.6) is 0 Å². The van der Waals surface area contributed by atoms with Crippen molar-refractivity contribution in [3.05, 3.63) is 28.8 Å². The monoisotopic (exact) mass is 360 g/mol. The number of benzene rings is 1. The van der Waals surface area contributed by atoms with E-state index < -0.39 is 10.0 Å². The highest BCUT2D eigenvalue weighted by Crippen LogP contribution is 2.26. The lowest BCUT2D eigenvalue weighted by Gasteiger charge is -2.16. The molecule has 2 rings (SSSR count). The molecule has 8 heteroatoms. The van der Waals surface area contributed by atoms with Crippen LogP contribution in [0.1, 0.15) is 36.0 Å². The second-order valence-electron chi connectivity index (χ2n) is 5.60. The number of carbonyl (C=O) groups excluding carboxylic acids is 1. The van der Waals surface area contributed by atoms with Crippen molar-refractivity contribution >= 4 is 27.5 Å². The van der Waals surface area contributed by atoms with Crippen molar-refractivity contribution in [2.75, 3.05) is 20.7 Å². The summed E-state index contributed by atoms with van der Waals surface area (Å²) in [4.78, 5) is 16.8. The van der Waals surface area contributed by atoms with Gasteiger partial charge in [-0.3, -0.25) is 9.63 Å². The van der Waals surface area contributed by atoms with E-state index in [-0.39, 0.29) is 21.4 Å². The Bertz CT molecular complexity index is 672. The van der Waals surface area contributed by atoms with Crippen LogP contribution in [0, 0.1) is 5.92 Å². The van der Waals surface area contributed by atoms with Crippen LogP contribution < -0.4 is 5.32 Å². The second kappa shape index (κ2) is 7.61. The van der Waals surface area contributed by atoms with Crippen LogP contribution in [0.4, 0.5) is 0 Å². The molecule has 0 radical (unpaired) electrons. The fraction of sp³-hybridized carbons (Fsp3) is 0.533. The average Bonchev–Trinajstić information content (AvgIpc) is 3.05. The van der Waals surface area contributed by atoms with E-state index in [1.165, 1.54) is 45.2 Å². The molecule has 0 heterocycles. The van der Waals surface area contributed by atoms with E-state index in [9.17, 15) is 13.2 Å². The summed E-state index contributed by atoms with van der Waals surface area (Å²) in [6.07, 6.45) is 4.65. The summed E-state index contributed by atoms with van der Waals surface area (Å²) in [5, 5.41) is 2.90. The van der Waals surface area contributed by atoms with Crippen molar-refractivity contribution in [3.8, 4) is 0 Å². The molecule has 1 fully saturated rings. The molecule has 1 saturated carbocycles. The SMILES string of the molecule is CON(C)S(=O)(=O)c1cc(C(=O)NCC2CCCC2)ccc1Cl. The maximum atomic E-state index is 12.3. The van der Waals surface area contributed by atoms with E-state index >= 15 is 0 Å². The first-order chi connectivity index (χ1) is 10.9. The molecular formula is C15H21ClN2O4S. The molecule has 0 saturated heterocycles. The number of amides is 1. The topological polar surface area (TPSA) is 75.7 Å². The van der Waals surface area contributed by atoms with Crippen molar-refractivity contribution < 1.29 is 18.0 Å². The van der Waals surface area contributed by atoms with Gasteiger partial charge in [-0.1, -0.05) is 28.9 Å². The molecule has 23 heavy (non-hydrogen) atoms. The van der Waals surface area contributed by atoms with Crippen molar-refractivity contribution in [2.45, 2.75) is 30.6 Å². The van der Waals surface area contributed by atoms with Crippen LogP contribution >= 0.6 is 11.6 Å². The smallest absolute Gasteiger partial charge is 0.266 e. The number of hydrogen-bond donors (Lipinski definition) is 1. The summed E-state index contributed by atoms with van der Waals surface area (Å²) < 4.78 is 25.3. The van der Waals surface area contributed by atoms with E-state index in [0.29, 0.717) is 16.9 Å². The van der Waals surface area contributed by atoms with E-state index in [0.717, 1.165) is 12.8 Å². The highest BCUT2D eigenvalue weighted by atomic mass is 35.5. The van der Waals surface area contributed by atoms with Gasteiger partial charge in [0.15, 0.2) is 0 Å². The van der Waals surface area contributed by atoms with E-state index in [1.807, 2.05) is 0 Å². The molecule has 0 aliphatic heterocycles. The molecule has 0 bridgehead atoms. The number of hydrogen-bond acceptors (Lipinski definition) is 4. The maximum absolute atomic E-state index is 12.3. The maximum Gasteiger partial charge on any atom is 0.266 e. The van der Waals surface area contributed by atoms with Crippen LogP contribution in [0.3, 0.4) is 0 Å². The summed E-state index contributed by atoms with van der Waals surface area (Å²) in [7, 11) is -1.41. The van der Waals surface area contributed by atoms with Crippen LogP contribution in [-0.2, 0) is 14.9 Å². The van der Waals surface area contributed by atoms with Gasteiger partial charge in [-0.2, -0.15) is 0 Å². The summed E-state index contributed by atoms with van der Waals surface area (Å²) >= 11 is 5.97. The minimum Gasteiger partial charge on any atom is -0.352 e. The molecule has 1 aromatic rings. The first kappa shape index (κ1) is 18.2. The van der Waals surface area contributed by atoms with Gasteiger partial charge < -0.3 is 5.32 Å². The Morgan fingerprint density at radius 2 is 2.04 bits per heavy atom. The first-order valence-electron chi connectivity index (χ1n) is 7.47. The average molecular weight is 361 g/mol. The first-order valence-corrected chi connectivity index (χ1v) is 9.29. The third-order valence-electron chi connectivity index (χ3n) is 4.09. The summed E-state index contributed by atoms with van der Waals surface area (Å²) in [6, 6.07) is 4.19. The lowest BCUT2D eigenvalue weighted by atomic mass is 10.1. The van der Waals surface area contributed by atoms with E-state index in [4.69, 9.17) is 16.4 Å². The predicted octanol–water partition coefficient (Wildman–Crippen LogP) is 2.44. The zero-order valence-electron chi connectivity index (χ0n) is 13.2. The highest BCUT2D eigenvalue weighted by molar-refractivity contribution is 7.89. The third kappa shape index (κ3) is 4.23. The van der Waals surface area contributed by atoms with Crippen molar-refractivity contribution in [1.82, 2.24) is 9.79 Å². The molecule has 1 aliphatic rings. The molecule has 1 amide bonds. The molecule has 0 aromatic heterocycles. The molecule has 0 atom stereocenters. The Morgan fingerprint density at radius 3 is 2.65 bits per heavy atom. The number of nitrogens with zero attached hydrogens (tertiary/aromatic N) is 1. The quantitative estimate of drug-likeness (QED) is 0.790. The van der Waals surface area contributed by atoms with Gasteiger partial charge in [0.25, 0.3) is 15.9 Å². The molecule has 6 nitrogen and oxygen atoms in total. The lowest BCUT2D eigenvalue weighted by molar-refractivity contribution is -0.0258. The zero-order chi connectivity index (χ0) is 17.0. The van der Waals surface area contributed by atoms with E-state index in [2.05, 4.69) is 5.32 Å². The van der Waals surface area contributed by atoms with Crippen LogP contribution in [0.25, 0.3) is 0 Å². The molecule has 0 unspecified atom stereocenters. The number of sulfonamides is 1. The van der Waals surface area contributed by atoms with Crippen LogP contribution in [0.15, 0.2) is 23.1 Å². The highest BCUT2D eigenvalue weighted by Gasteiger charge is 2.25. The van der Waals surface area contributed by atoms with E-state index in [1.54, 1.807) is 0 Å². The Morgan fingerprint density at radius 1 is 1.39 bits per heavy atom. The van der Waals surface area contributed by atoms with Gasteiger partial charge in [-0.05, 0) is 37.0 Å². The summed E-state index contributed by atoms with van der Waals surface area (Å²) in [5.74, 6) is 0.208. The number of halogens is 1. The second-order valence-corrected chi connectivity index (χ2v) is 7.91. The number of nitrogens with one attached hydrogen (secondary N) is 1. The minimum atomic E-state index is -3.91. The largest absolute Gasteiger partial charge is 0.352 e. The fourth-order valence-electron chi connectivity index (χ4n) is 2.63. The van der Waals surface area contributed by atoms with Gasteiger partial charge in [0.05, 0.1) is 12.1 Å². The van der Waals surface area contributed by atoms with Crippen molar-refractivity contribution in [3.63, 3.8) is 0 Å². The van der Waals surface area contributed by atoms with Gasteiger partial charge >= 0.3 is 0 Å². The lowest BCUT2D eigenvalue weighted by Crippen LogP contribution is -2.29. The fourth-order valence-corrected chi connectivity index (χ4v) is 4.11. The normalized spacial score (nSPS) is 16.0. The molecule has 1 aliphatic carbocycles. The van der Waals surface area contributed by atoms with Gasteiger partial charge in [-0.25, -0.2) is 8.42 Å². The van der Waals surface area contributed by atoms with Gasteiger partial charge in [0.1, 0.15) is 4.90 Å². The van der Waals surface area contributed by atoms with Crippen LogP contribution in [-0.4, -0.2) is 39.5 Å². The minimum absolute atomic E-state index is 0.0428. The third-order valence-corrected chi connectivity index (χ3v) is 6.25. The predicted molar refractivity (Wildman–Crippen MR) is 87.7 cm³/mol. The molecule has 1 aromatic carbocycles. The Hall–Kier alpha value is -1.15. The zero-order valence-corrected chi connectivity index (χ0v) is 14.8. The van der Waals surface area contributed by atoms with Crippen molar-refractivity contribution in [1.29, 1.82) is 0 Å².